The molecule has 1 N–H and O–H groups in total. The van der Waals surface area contributed by atoms with E-state index in [0.29, 0.717) is 28.8 Å². The third-order valence-electron chi connectivity index (χ3n) is 4.24. The third-order valence-corrected chi connectivity index (χ3v) is 5.31. The Morgan fingerprint density at radius 3 is 2.79 bits per heavy atom. The molecule has 6 nitrogen and oxygen atoms in total. The van der Waals surface area contributed by atoms with Crippen LogP contribution in [0.4, 0.5) is 0 Å². The minimum Gasteiger partial charge on any atom is -0.480 e. The van der Waals surface area contributed by atoms with E-state index in [1.54, 1.807) is 0 Å². The van der Waals surface area contributed by atoms with E-state index in [9.17, 15) is 4.79 Å². The normalized spacial score (nSPS) is 16.1. The quantitative estimate of drug-likeness (QED) is 0.486. The number of thioether (sulfide) groups is 1. The Kier molecular flexibility index (Phi) is 5.55. The van der Waals surface area contributed by atoms with Crippen molar-refractivity contribution in [3.8, 4) is 5.75 Å². The summed E-state index contributed by atoms with van der Waals surface area (Å²) in [5.74, 6) is 0.244. The van der Waals surface area contributed by atoms with E-state index in [-0.39, 0.29) is 6.79 Å². The summed E-state index contributed by atoms with van der Waals surface area (Å²) < 4.78 is 11.2. The van der Waals surface area contributed by atoms with E-state index < -0.39 is 12.0 Å². The van der Waals surface area contributed by atoms with E-state index in [1.807, 2.05) is 60.7 Å². The fourth-order valence-electron chi connectivity index (χ4n) is 2.80. The van der Waals surface area contributed by atoms with Crippen molar-refractivity contribution in [1.82, 2.24) is 4.98 Å². The molecule has 1 atom stereocenters. The van der Waals surface area contributed by atoms with Gasteiger partial charge < -0.3 is 14.6 Å². The highest BCUT2D eigenvalue weighted by Gasteiger charge is 2.25. The summed E-state index contributed by atoms with van der Waals surface area (Å²) in [5, 5.41) is 10.7. The number of aliphatic carboxylic acids is 1. The second kappa shape index (κ2) is 8.41. The predicted octanol–water partition coefficient (Wildman–Crippen LogP) is 3.73. The highest BCUT2D eigenvalue weighted by atomic mass is 32.2. The molecule has 142 valence electrons. The number of ether oxygens (including phenoxy) is 2. The lowest BCUT2D eigenvalue weighted by atomic mass is 10.2. The molecule has 4 rings (SSSR count). The smallest absolute Gasteiger partial charge is 0.329 e. The zero-order chi connectivity index (χ0) is 19.3. The van der Waals surface area contributed by atoms with Crippen LogP contribution in [0, 0.1) is 0 Å². The summed E-state index contributed by atoms with van der Waals surface area (Å²) in [6.07, 6.45) is 0. The number of hydrogen-bond acceptors (Lipinski definition) is 6. The molecule has 7 heteroatoms. The third kappa shape index (κ3) is 4.32. The number of carbonyl (C=O) groups is 1. The second-order valence-electron chi connectivity index (χ2n) is 6.25. The van der Waals surface area contributed by atoms with Crippen LogP contribution in [0.15, 0.2) is 65.7 Å². The molecule has 2 aromatic carbocycles. The first kappa shape index (κ1) is 18.5. The Labute approximate surface area is 166 Å². The molecule has 3 aromatic rings. The number of aliphatic imine (C=N–C) groups is 1. The summed E-state index contributed by atoms with van der Waals surface area (Å²) in [4.78, 5) is 19.9. The van der Waals surface area contributed by atoms with Crippen LogP contribution in [0.5, 0.6) is 5.75 Å². The van der Waals surface area contributed by atoms with Gasteiger partial charge in [0.25, 0.3) is 0 Å². The molecule has 0 fully saturated rings. The lowest BCUT2D eigenvalue weighted by Gasteiger charge is -2.09. The largest absolute Gasteiger partial charge is 0.480 e. The standard InChI is InChI=1S/C21H18N2O4S/c24-21(25)19-12-28-20(23-19)18-8-6-15-10-16(7-9-17(15)22-18)27-13-26-11-14-4-2-1-3-5-14/h1-10,19H,11-13H2,(H,24,25)/t19-/m1/s1. The lowest BCUT2D eigenvalue weighted by molar-refractivity contribution is -0.137. The average molecular weight is 394 g/mol. The average Bonchev–Trinajstić information content (AvgIpc) is 3.22. The van der Waals surface area contributed by atoms with E-state index in [1.165, 1.54) is 11.8 Å². The highest BCUT2D eigenvalue weighted by Crippen LogP contribution is 2.25. The molecule has 0 unspecified atom stereocenters. The molecule has 2 heterocycles. The summed E-state index contributed by atoms with van der Waals surface area (Å²) in [7, 11) is 0. The Balaban J connectivity index is 1.39. The Morgan fingerprint density at radius 2 is 2.00 bits per heavy atom. The molecule has 28 heavy (non-hydrogen) atoms. The van der Waals surface area contributed by atoms with Crippen molar-refractivity contribution in [2.45, 2.75) is 12.6 Å². The Bertz CT molecular complexity index is 1020. The number of fused-ring (bicyclic) bond motifs is 1. The zero-order valence-corrected chi connectivity index (χ0v) is 15.8. The van der Waals surface area contributed by atoms with Gasteiger partial charge in [0.15, 0.2) is 12.8 Å². The molecule has 1 aromatic heterocycles. The number of hydrogen-bond donors (Lipinski definition) is 1. The maximum atomic E-state index is 11.1. The molecular formula is C21H18N2O4S. The van der Waals surface area contributed by atoms with Crippen molar-refractivity contribution < 1.29 is 19.4 Å². The predicted molar refractivity (Wildman–Crippen MR) is 109 cm³/mol. The van der Waals surface area contributed by atoms with E-state index in [4.69, 9.17) is 14.6 Å². The Morgan fingerprint density at radius 1 is 1.14 bits per heavy atom. The first-order valence-corrected chi connectivity index (χ1v) is 9.77. The Hall–Kier alpha value is -2.90. The van der Waals surface area contributed by atoms with Gasteiger partial charge in [-0.2, -0.15) is 0 Å². The molecule has 0 aliphatic carbocycles. The lowest BCUT2D eigenvalue weighted by Crippen LogP contribution is -2.17. The number of nitrogens with zero attached hydrogens (tertiary/aromatic N) is 2. The summed E-state index contributed by atoms with van der Waals surface area (Å²) in [6.45, 7) is 0.659. The number of rotatable bonds is 7. The molecule has 0 saturated carbocycles. The minimum atomic E-state index is -0.903. The molecule has 0 saturated heterocycles. The molecule has 1 aliphatic heterocycles. The van der Waals surface area contributed by atoms with Crippen LogP contribution < -0.4 is 4.74 Å². The number of carboxylic acid groups (broad SMARTS) is 1. The molecule has 0 spiro atoms. The van der Waals surface area contributed by atoms with Gasteiger partial charge in [0.2, 0.25) is 0 Å². The SMILES string of the molecule is O=C(O)[C@H]1CSC(c2ccc3cc(OCOCc4ccccc4)ccc3n2)=N1. The summed E-state index contributed by atoms with van der Waals surface area (Å²) in [6, 6.07) is 18.6. The van der Waals surface area contributed by atoms with Gasteiger partial charge >= 0.3 is 5.97 Å². The monoisotopic (exact) mass is 394 g/mol. The maximum Gasteiger partial charge on any atom is 0.329 e. The van der Waals surface area contributed by atoms with Gasteiger partial charge in [-0.1, -0.05) is 36.4 Å². The molecule has 0 radical (unpaired) electrons. The summed E-state index contributed by atoms with van der Waals surface area (Å²) in [5.41, 5.74) is 2.59. The van der Waals surface area contributed by atoms with Crippen LogP contribution >= 0.6 is 11.8 Å². The van der Waals surface area contributed by atoms with Crippen molar-refractivity contribution in [1.29, 1.82) is 0 Å². The molecule has 0 bridgehead atoms. The number of carboxylic acids is 1. The van der Waals surface area contributed by atoms with Crippen molar-refractivity contribution in [3.05, 3.63) is 71.9 Å². The molecule has 1 aliphatic rings. The van der Waals surface area contributed by atoms with Crippen LogP contribution in [-0.2, 0) is 16.1 Å². The maximum absolute atomic E-state index is 11.1. The van der Waals surface area contributed by atoms with Gasteiger partial charge in [0, 0.05) is 11.1 Å². The van der Waals surface area contributed by atoms with Gasteiger partial charge in [0.1, 0.15) is 10.8 Å². The fraction of sp³-hybridized carbons (Fsp3) is 0.190. The van der Waals surface area contributed by atoms with Gasteiger partial charge in [0.05, 0.1) is 17.8 Å². The van der Waals surface area contributed by atoms with Gasteiger partial charge in [-0.25, -0.2) is 9.78 Å². The number of pyridine rings is 1. The van der Waals surface area contributed by atoms with Crippen molar-refractivity contribution in [3.63, 3.8) is 0 Å². The van der Waals surface area contributed by atoms with Crippen molar-refractivity contribution >= 4 is 33.7 Å². The van der Waals surface area contributed by atoms with E-state index >= 15 is 0 Å². The first-order chi connectivity index (χ1) is 13.7. The van der Waals surface area contributed by atoms with E-state index in [2.05, 4.69) is 9.98 Å². The van der Waals surface area contributed by atoms with Crippen LogP contribution in [-0.4, -0.2) is 39.7 Å². The minimum absolute atomic E-state index is 0.163. The zero-order valence-electron chi connectivity index (χ0n) is 14.9. The van der Waals surface area contributed by atoms with E-state index in [0.717, 1.165) is 16.5 Å². The van der Waals surface area contributed by atoms with Gasteiger partial charge in [-0.15, -0.1) is 11.8 Å². The van der Waals surface area contributed by atoms with Crippen molar-refractivity contribution in [2.24, 2.45) is 4.99 Å². The number of benzene rings is 2. The van der Waals surface area contributed by atoms with Gasteiger partial charge in [-0.3, -0.25) is 4.99 Å². The van der Waals surface area contributed by atoms with Crippen LogP contribution in [0.1, 0.15) is 11.3 Å². The summed E-state index contributed by atoms with van der Waals surface area (Å²) >= 11 is 1.42. The first-order valence-electron chi connectivity index (χ1n) is 8.78. The molecular weight excluding hydrogens is 376 g/mol. The topological polar surface area (TPSA) is 81.0 Å². The van der Waals surface area contributed by atoms with Gasteiger partial charge in [-0.05, 0) is 29.8 Å². The number of aromatic nitrogens is 1. The second-order valence-corrected chi connectivity index (χ2v) is 7.26. The van der Waals surface area contributed by atoms with Crippen LogP contribution in [0.25, 0.3) is 10.9 Å². The fourth-order valence-corrected chi connectivity index (χ4v) is 3.79. The van der Waals surface area contributed by atoms with Crippen molar-refractivity contribution in [2.75, 3.05) is 12.5 Å². The van der Waals surface area contributed by atoms with Crippen LogP contribution in [0.3, 0.4) is 0 Å². The highest BCUT2D eigenvalue weighted by molar-refractivity contribution is 8.14. The molecule has 0 amide bonds. The van der Waals surface area contributed by atoms with Crippen LogP contribution in [0.2, 0.25) is 0 Å².